The van der Waals surface area contributed by atoms with Gasteiger partial charge in [-0.3, -0.25) is 19.1 Å². The van der Waals surface area contributed by atoms with Gasteiger partial charge in [-0.05, 0) is 75.8 Å². The fourth-order valence-electron chi connectivity index (χ4n) is 5.53. The Morgan fingerprint density at radius 3 is 2.10 bits per heavy atom. The topological polar surface area (TPSA) is 90.4 Å². The first-order chi connectivity index (χ1) is 19.7. The number of H-pyrrole nitrogens is 1. The van der Waals surface area contributed by atoms with Crippen molar-refractivity contribution >= 4 is 49.1 Å². The number of carbonyl (C=O) groups excluding carboxylic acids is 1. The number of ether oxygens (including phenoxy) is 2. The number of esters is 1. The minimum absolute atomic E-state index is 0.0840. The van der Waals surface area contributed by atoms with E-state index in [0.717, 1.165) is 27.1 Å². The summed E-state index contributed by atoms with van der Waals surface area (Å²) >= 11 is 0. The maximum Gasteiger partial charge on any atom is 0.330 e. The number of fused-ring (bicyclic) bond motifs is 2. The van der Waals surface area contributed by atoms with E-state index in [9.17, 15) is 14.4 Å². The summed E-state index contributed by atoms with van der Waals surface area (Å²) in [6.45, 7) is 7.29. The van der Waals surface area contributed by atoms with Gasteiger partial charge in [-0.25, -0.2) is 4.79 Å². The van der Waals surface area contributed by atoms with E-state index in [4.69, 9.17) is 9.47 Å². The van der Waals surface area contributed by atoms with Crippen molar-refractivity contribution < 1.29 is 14.3 Å². The molecule has 6 aromatic rings. The lowest BCUT2D eigenvalue weighted by atomic mass is 9.87. The Balaban J connectivity index is 1.41. The summed E-state index contributed by atoms with van der Waals surface area (Å²) in [4.78, 5) is 40.5. The maximum atomic E-state index is 13.1. The van der Waals surface area contributed by atoms with Crippen LogP contribution in [0, 0.1) is 5.41 Å². The standard InChI is InChI=1S/C34H32N2O5/c1-5-21(18-40-32(38)34(2,3)4)41-19-36-17-28(31(37)35-33(36)39)22-15-16-27-25-12-7-10-20-9-6-11-24(29(20)25)26-14-8-13-23(22)30(26)27/h6-17,21H,5,18-19H2,1-4H3,(H,35,37,39)/t21-/m0/s1. The highest BCUT2D eigenvalue weighted by Gasteiger charge is 2.24. The summed E-state index contributed by atoms with van der Waals surface area (Å²) in [6, 6.07) is 22.9. The van der Waals surface area contributed by atoms with Gasteiger partial charge in [0.1, 0.15) is 13.3 Å². The number of hydrogen-bond donors (Lipinski definition) is 1. The van der Waals surface area contributed by atoms with Crippen molar-refractivity contribution in [1.82, 2.24) is 9.55 Å². The van der Waals surface area contributed by atoms with Crippen LogP contribution < -0.4 is 11.2 Å². The summed E-state index contributed by atoms with van der Waals surface area (Å²) in [5, 5.41) is 9.00. The van der Waals surface area contributed by atoms with Gasteiger partial charge in [-0.2, -0.15) is 0 Å². The molecule has 7 heteroatoms. The van der Waals surface area contributed by atoms with Gasteiger partial charge in [-0.1, -0.05) is 73.7 Å². The second-order valence-corrected chi connectivity index (χ2v) is 11.5. The van der Waals surface area contributed by atoms with Crippen LogP contribution in [0.1, 0.15) is 34.1 Å². The molecule has 0 aliphatic rings. The molecule has 0 bridgehead atoms. The lowest BCUT2D eigenvalue weighted by Crippen LogP contribution is -2.33. The molecule has 0 saturated heterocycles. The molecule has 0 aliphatic carbocycles. The Labute approximate surface area is 236 Å². The highest BCUT2D eigenvalue weighted by molar-refractivity contribution is 6.34. The number of benzene rings is 5. The lowest BCUT2D eigenvalue weighted by molar-refractivity contribution is -0.158. The molecular weight excluding hydrogens is 516 g/mol. The zero-order valence-corrected chi connectivity index (χ0v) is 23.6. The summed E-state index contributed by atoms with van der Waals surface area (Å²) in [6.07, 6.45) is 1.74. The number of nitrogens with one attached hydrogen (secondary N) is 1. The molecule has 0 radical (unpaired) electrons. The van der Waals surface area contributed by atoms with E-state index in [1.807, 2.05) is 25.1 Å². The number of rotatable bonds is 7. The van der Waals surface area contributed by atoms with Crippen LogP contribution in [0.4, 0.5) is 0 Å². The first kappa shape index (κ1) is 26.7. The van der Waals surface area contributed by atoms with Crippen molar-refractivity contribution in [3.63, 3.8) is 0 Å². The third-order valence-electron chi connectivity index (χ3n) is 7.74. The summed E-state index contributed by atoms with van der Waals surface area (Å²) in [5.74, 6) is -0.315. The normalized spacial score (nSPS) is 13.0. The molecule has 0 unspecified atom stereocenters. The average molecular weight is 549 g/mol. The van der Waals surface area contributed by atoms with E-state index in [1.54, 1.807) is 27.0 Å². The first-order valence-corrected chi connectivity index (χ1v) is 13.9. The molecule has 208 valence electrons. The minimum atomic E-state index is -0.615. The molecule has 1 N–H and O–H groups in total. The molecule has 0 amide bonds. The van der Waals surface area contributed by atoms with Crippen molar-refractivity contribution in [3.05, 3.63) is 93.8 Å². The predicted molar refractivity (Wildman–Crippen MR) is 164 cm³/mol. The van der Waals surface area contributed by atoms with Crippen LogP contribution in [0.25, 0.3) is 54.2 Å². The Kier molecular flexibility index (Phi) is 6.62. The lowest BCUT2D eigenvalue weighted by Gasteiger charge is -2.21. The number of aromatic nitrogens is 2. The largest absolute Gasteiger partial charge is 0.463 e. The number of hydrogen-bond acceptors (Lipinski definition) is 5. The monoisotopic (exact) mass is 548 g/mol. The van der Waals surface area contributed by atoms with E-state index in [1.165, 1.54) is 26.1 Å². The van der Waals surface area contributed by atoms with Crippen LogP contribution in [0.2, 0.25) is 0 Å². The van der Waals surface area contributed by atoms with Crippen LogP contribution in [-0.4, -0.2) is 28.2 Å². The van der Waals surface area contributed by atoms with Crippen molar-refractivity contribution in [2.24, 2.45) is 5.41 Å². The molecule has 7 nitrogen and oxygen atoms in total. The van der Waals surface area contributed by atoms with Gasteiger partial charge in [0.2, 0.25) is 0 Å². The number of nitrogens with zero attached hydrogens (tertiary/aromatic N) is 1. The van der Waals surface area contributed by atoms with Gasteiger partial charge in [0.25, 0.3) is 5.56 Å². The molecule has 6 rings (SSSR count). The van der Waals surface area contributed by atoms with E-state index >= 15 is 0 Å². The third-order valence-corrected chi connectivity index (χ3v) is 7.74. The molecule has 0 saturated carbocycles. The quantitative estimate of drug-likeness (QED) is 0.138. The molecule has 1 atom stereocenters. The molecule has 0 fully saturated rings. The van der Waals surface area contributed by atoms with Crippen molar-refractivity contribution in [2.45, 2.75) is 47.0 Å². The molecule has 1 aromatic heterocycles. The first-order valence-electron chi connectivity index (χ1n) is 13.9. The van der Waals surface area contributed by atoms with E-state index < -0.39 is 22.8 Å². The van der Waals surface area contributed by atoms with Gasteiger partial charge >= 0.3 is 11.7 Å². The van der Waals surface area contributed by atoms with E-state index in [-0.39, 0.29) is 19.3 Å². The number of aromatic amines is 1. The van der Waals surface area contributed by atoms with Gasteiger partial charge in [0.05, 0.1) is 17.1 Å². The third kappa shape index (κ3) is 4.66. The Morgan fingerprint density at radius 1 is 0.829 bits per heavy atom. The summed E-state index contributed by atoms with van der Waals surface area (Å²) in [7, 11) is 0. The van der Waals surface area contributed by atoms with Crippen LogP contribution in [0.5, 0.6) is 0 Å². The second-order valence-electron chi connectivity index (χ2n) is 11.5. The highest BCUT2D eigenvalue weighted by atomic mass is 16.6. The van der Waals surface area contributed by atoms with E-state index in [0.29, 0.717) is 12.0 Å². The maximum absolute atomic E-state index is 13.1. The average Bonchev–Trinajstić information content (AvgIpc) is 2.96. The Hall–Kier alpha value is -4.49. The van der Waals surface area contributed by atoms with Crippen LogP contribution >= 0.6 is 0 Å². The zero-order valence-electron chi connectivity index (χ0n) is 23.6. The second kappa shape index (κ2) is 10.2. The SMILES string of the molecule is CC[C@@H](COC(=O)C(C)(C)C)OCn1cc(-c2ccc3c4cccc5cccc(c6cccc2c63)c54)c(=O)[nH]c1=O. The Bertz CT molecular complexity index is 2000. The molecular formula is C34H32N2O5. The van der Waals surface area contributed by atoms with Crippen molar-refractivity contribution in [2.75, 3.05) is 6.61 Å². The van der Waals surface area contributed by atoms with Gasteiger partial charge < -0.3 is 9.47 Å². The molecule has 1 heterocycles. The molecule has 41 heavy (non-hydrogen) atoms. The van der Waals surface area contributed by atoms with Gasteiger partial charge in [-0.15, -0.1) is 0 Å². The Morgan fingerprint density at radius 2 is 1.44 bits per heavy atom. The van der Waals surface area contributed by atoms with Crippen molar-refractivity contribution in [1.29, 1.82) is 0 Å². The van der Waals surface area contributed by atoms with Crippen LogP contribution in [0.15, 0.2) is 82.5 Å². The van der Waals surface area contributed by atoms with Gasteiger partial charge in [0.15, 0.2) is 0 Å². The minimum Gasteiger partial charge on any atom is -0.463 e. The predicted octanol–water partition coefficient (Wildman–Crippen LogP) is 6.60. The highest BCUT2D eigenvalue weighted by Crippen LogP contribution is 2.42. The fraction of sp³-hybridized carbons (Fsp3) is 0.265. The zero-order chi connectivity index (χ0) is 28.9. The number of carbonyl (C=O) groups is 1. The molecule has 5 aromatic carbocycles. The molecule has 0 spiro atoms. The summed E-state index contributed by atoms with van der Waals surface area (Å²) < 4.78 is 12.7. The van der Waals surface area contributed by atoms with E-state index in [2.05, 4.69) is 53.5 Å². The molecule has 0 aliphatic heterocycles. The van der Waals surface area contributed by atoms with Gasteiger partial charge in [0, 0.05) is 6.20 Å². The van der Waals surface area contributed by atoms with Crippen LogP contribution in [-0.2, 0) is 21.0 Å². The van der Waals surface area contributed by atoms with Crippen molar-refractivity contribution in [3.8, 4) is 11.1 Å². The smallest absolute Gasteiger partial charge is 0.330 e. The fourth-order valence-corrected chi connectivity index (χ4v) is 5.53. The summed E-state index contributed by atoms with van der Waals surface area (Å²) in [5.41, 5.74) is -0.532. The van der Waals surface area contributed by atoms with Crippen LogP contribution in [0.3, 0.4) is 0 Å².